The maximum atomic E-state index is 11.7. The molecule has 80 valence electrons. The minimum absolute atomic E-state index is 0.177. The third-order valence-electron chi connectivity index (χ3n) is 2.68. The van der Waals surface area contributed by atoms with Gasteiger partial charge in [-0.15, -0.1) is 0 Å². The van der Waals surface area contributed by atoms with Crippen LogP contribution >= 0.6 is 31.9 Å². The van der Waals surface area contributed by atoms with Crippen molar-refractivity contribution in [3.63, 3.8) is 0 Å². The first-order chi connectivity index (χ1) is 7.09. The molecule has 0 bridgehead atoms. The SMILES string of the molecule is CN1C(=O)CCC(Br)c2ccc(Br)cc21. The number of fused-ring (bicyclic) bond motifs is 1. The highest BCUT2D eigenvalue weighted by atomic mass is 79.9. The minimum atomic E-state index is 0.177. The molecule has 1 aliphatic rings. The fourth-order valence-corrected chi connectivity index (χ4v) is 2.74. The molecule has 4 heteroatoms. The molecular formula is C11H11Br2NO. The Bertz CT molecular complexity index is 406. The Morgan fingerprint density at radius 1 is 1.47 bits per heavy atom. The highest BCUT2D eigenvalue weighted by Gasteiger charge is 2.24. The Kier molecular flexibility index (Phi) is 3.16. The van der Waals surface area contributed by atoms with Crippen LogP contribution in [-0.2, 0) is 4.79 Å². The van der Waals surface area contributed by atoms with Gasteiger partial charge in [0.25, 0.3) is 0 Å². The van der Waals surface area contributed by atoms with E-state index < -0.39 is 0 Å². The van der Waals surface area contributed by atoms with Gasteiger partial charge >= 0.3 is 0 Å². The van der Waals surface area contributed by atoms with Crippen molar-refractivity contribution in [3.8, 4) is 0 Å². The number of halogens is 2. The lowest BCUT2D eigenvalue weighted by atomic mass is 10.1. The van der Waals surface area contributed by atoms with Crippen molar-refractivity contribution in [2.75, 3.05) is 11.9 Å². The number of nitrogens with zero attached hydrogens (tertiary/aromatic N) is 1. The van der Waals surface area contributed by atoms with Crippen LogP contribution in [0.25, 0.3) is 0 Å². The number of benzene rings is 1. The number of hydrogen-bond donors (Lipinski definition) is 0. The first-order valence-electron chi connectivity index (χ1n) is 4.79. The van der Waals surface area contributed by atoms with Crippen molar-refractivity contribution >= 4 is 43.5 Å². The minimum Gasteiger partial charge on any atom is -0.315 e. The number of carbonyl (C=O) groups excluding carboxylic acids is 1. The summed E-state index contributed by atoms with van der Waals surface area (Å²) in [5, 5.41) is 0. The third kappa shape index (κ3) is 2.11. The standard InChI is InChI=1S/C11H11Br2NO/c1-14-10-6-7(12)2-3-8(10)9(13)4-5-11(14)15/h2-3,6,9H,4-5H2,1H3. The summed E-state index contributed by atoms with van der Waals surface area (Å²) in [6, 6.07) is 6.07. The number of carbonyl (C=O) groups is 1. The van der Waals surface area contributed by atoms with E-state index in [2.05, 4.69) is 37.9 Å². The lowest BCUT2D eigenvalue weighted by Gasteiger charge is -2.18. The fraction of sp³-hybridized carbons (Fsp3) is 0.364. The molecule has 0 saturated heterocycles. The molecule has 15 heavy (non-hydrogen) atoms. The van der Waals surface area contributed by atoms with Crippen molar-refractivity contribution < 1.29 is 4.79 Å². The number of amides is 1. The van der Waals surface area contributed by atoms with Gasteiger partial charge in [0.05, 0.1) is 0 Å². The molecule has 0 N–H and O–H groups in total. The van der Waals surface area contributed by atoms with Gasteiger partial charge in [0.15, 0.2) is 0 Å². The van der Waals surface area contributed by atoms with E-state index in [9.17, 15) is 4.79 Å². The number of hydrogen-bond acceptors (Lipinski definition) is 1. The highest BCUT2D eigenvalue weighted by molar-refractivity contribution is 9.10. The van der Waals surface area contributed by atoms with Gasteiger partial charge in [-0.1, -0.05) is 37.9 Å². The molecule has 1 aromatic carbocycles. The van der Waals surface area contributed by atoms with Crippen LogP contribution in [0.4, 0.5) is 5.69 Å². The quantitative estimate of drug-likeness (QED) is 0.664. The van der Waals surface area contributed by atoms with Gasteiger partial charge in [0.2, 0.25) is 5.91 Å². The molecule has 0 spiro atoms. The van der Waals surface area contributed by atoms with Crippen molar-refractivity contribution in [2.24, 2.45) is 0 Å². The van der Waals surface area contributed by atoms with Crippen LogP contribution in [0.15, 0.2) is 22.7 Å². The summed E-state index contributed by atoms with van der Waals surface area (Å²) in [6.45, 7) is 0. The molecule has 0 saturated carbocycles. The van der Waals surface area contributed by atoms with Crippen molar-refractivity contribution in [3.05, 3.63) is 28.2 Å². The number of alkyl halides is 1. The fourth-order valence-electron chi connectivity index (χ4n) is 1.78. The van der Waals surface area contributed by atoms with Gasteiger partial charge in [0.1, 0.15) is 0 Å². The summed E-state index contributed by atoms with van der Waals surface area (Å²) in [6.07, 6.45) is 1.45. The third-order valence-corrected chi connectivity index (χ3v) is 4.12. The molecule has 0 aromatic heterocycles. The monoisotopic (exact) mass is 331 g/mol. The van der Waals surface area contributed by atoms with Gasteiger partial charge in [-0.2, -0.15) is 0 Å². The van der Waals surface area contributed by atoms with E-state index in [-0.39, 0.29) is 10.7 Å². The van der Waals surface area contributed by atoms with E-state index in [0.717, 1.165) is 16.6 Å². The molecule has 0 fully saturated rings. The van der Waals surface area contributed by atoms with E-state index in [1.54, 1.807) is 4.90 Å². The second-order valence-corrected chi connectivity index (χ2v) is 5.68. The van der Waals surface area contributed by atoms with Crippen LogP contribution in [0.2, 0.25) is 0 Å². The van der Waals surface area contributed by atoms with Gasteiger partial charge in [-0.05, 0) is 24.1 Å². The molecule has 2 rings (SSSR count). The zero-order valence-corrected chi connectivity index (χ0v) is 11.5. The van der Waals surface area contributed by atoms with Crippen LogP contribution in [0.1, 0.15) is 23.2 Å². The lowest BCUT2D eigenvalue weighted by molar-refractivity contribution is -0.118. The van der Waals surface area contributed by atoms with Crippen LogP contribution in [0, 0.1) is 0 Å². The predicted molar refractivity (Wildman–Crippen MR) is 68.5 cm³/mol. The number of rotatable bonds is 0. The maximum absolute atomic E-state index is 11.7. The molecule has 1 unspecified atom stereocenters. The molecule has 1 amide bonds. The normalized spacial score (nSPS) is 21.1. The van der Waals surface area contributed by atoms with Gasteiger partial charge in [-0.25, -0.2) is 0 Å². The van der Waals surface area contributed by atoms with E-state index >= 15 is 0 Å². The average molecular weight is 333 g/mol. The van der Waals surface area contributed by atoms with Crippen LogP contribution < -0.4 is 4.90 Å². The molecule has 1 atom stereocenters. The summed E-state index contributed by atoms with van der Waals surface area (Å²) >= 11 is 7.05. The summed E-state index contributed by atoms with van der Waals surface area (Å²) in [4.78, 5) is 13.7. The van der Waals surface area contributed by atoms with Crippen molar-refractivity contribution in [1.82, 2.24) is 0 Å². The molecule has 1 aliphatic heterocycles. The zero-order valence-electron chi connectivity index (χ0n) is 8.34. The topological polar surface area (TPSA) is 20.3 Å². The van der Waals surface area contributed by atoms with Crippen LogP contribution in [0.5, 0.6) is 0 Å². The first-order valence-corrected chi connectivity index (χ1v) is 6.50. The van der Waals surface area contributed by atoms with E-state index in [4.69, 9.17) is 0 Å². The highest BCUT2D eigenvalue weighted by Crippen LogP contribution is 2.39. The predicted octanol–water partition coefficient (Wildman–Crippen LogP) is 3.64. The molecule has 0 aliphatic carbocycles. The van der Waals surface area contributed by atoms with Crippen molar-refractivity contribution in [1.29, 1.82) is 0 Å². The molecular weight excluding hydrogens is 322 g/mol. The smallest absolute Gasteiger partial charge is 0.226 e. The average Bonchev–Trinajstić information content (AvgIpc) is 2.32. The molecule has 1 heterocycles. The summed E-state index contributed by atoms with van der Waals surface area (Å²) in [7, 11) is 1.83. The first kappa shape index (κ1) is 11.1. The summed E-state index contributed by atoms with van der Waals surface area (Å²) in [5.41, 5.74) is 2.18. The largest absolute Gasteiger partial charge is 0.315 e. The molecule has 1 aromatic rings. The van der Waals surface area contributed by atoms with E-state index in [1.165, 1.54) is 5.56 Å². The Hall–Kier alpha value is -0.350. The molecule has 0 radical (unpaired) electrons. The Morgan fingerprint density at radius 3 is 2.93 bits per heavy atom. The Balaban J connectivity index is 2.55. The Labute approximate surface area is 106 Å². The van der Waals surface area contributed by atoms with Crippen LogP contribution in [0.3, 0.4) is 0 Å². The second-order valence-electron chi connectivity index (χ2n) is 3.66. The molecule has 2 nitrogen and oxygen atoms in total. The van der Waals surface area contributed by atoms with Crippen LogP contribution in [-0.4, -0.2) is 13.0 Å². The zero-order chi connectivity index (χ0) is 11.0. The van der Waals surface area contributed by atoms with E-state index in [1.807, 2.05) is 19.2 Å². The van der Waals surface area contributed by atoms with Gasteiger partial charge < -0.3 is 4.90 Å². The maximum Gasteiger partial charge on any atom is 0.226 e. The number of anilines is 1. The van der Waals surface area contributed by atoms with Gasteiger partial charge in [0, 0.05) is 28.5 Å². The second kappa shape index (κ2) is 4.26. The van der Waals surface area contributed by atoms with E-state index in [0.29, 0.717) is 6.42 Å². The lowest BCUT2D eigenvalue weighted by Crippen LogP contribution is -2.24. The Morgan fingerprint density at radius 2 is 2.20 bits per heavy atom. The summed E-state index contributed by atoms with van der Waals surface area (Å²) < 4.78 is 1.00. The van der Waals surface area contributed by atoms with Crippen molar-refractivity contribution in [2.45, 2.75) is 17.7 Å². The van der Waals surface area contributed by atoms with Gasteiger partial charge in [-0.3, -0.25) is 4.79 Å². The summed E-state index contributed by atoms with van der Waals surface area (Å²) in [5.74, 6) is 0.177.